The number of thiophene rings is 1. The highest BCUT2D eigenvalue weighted by Gasteiger charge is 2.45. The highest BCUT2D eigenvalue weighted by atomic mass is 32.1. The molecule has 51 heavy (non-hydrogen) atoms. The fourth-order valence-corrected chi connectivity index (χ4v) is 8.73. The van der Waals surface area contributed by atoms with Gasteiger partial charge >= 0.3 is 0 Å². The molecule has 6 aromatic rings. The SMILES string of the molecule is Cc1cnc(N2CC3(CCOCC3)C2)c(C(=O)Nc2ccc(C(=O)N3CCc4cc(-c5nc6ccccc6[nH]5)sc4-c4ncc(C)cc43)cc2)c1. The summed E-state index contributed by atoms with van der Waals surface area (Å²) in [6, 6.07) is 21.3. The Labute approximate surface area is 299 Å². The van der Waals surface area contributed by atoms with Gasteiger partial charge in [-0.1, -0.05) is 12.1 Å². The number of nitrogens with one attached hydrogen (secondary N) is 2. The van der Waals surface area contributed by atoms with Crippen molar-refractivity contribution in [2.75, 3.05) is 48.0 Å². The van der Waals surface area contributed by atoms with Crippen LogP contribution >= 0.6 is 11.3 Å². The molecular weight excluding hydrogens is 659 g/mol. The number of aromatic amines is 1. The van der Waals surface area contributed by atoms with Gasteiger partial charge in [-0.2, -0.15) is 0 Å². The monoisotopic (exact) mass is 695 g/mol. The highest BCUT2D eigenvalue weighted by molar-refractivity contribution is 7.19. The van der Waals surface area contributed by atoms with Gasteiger partial charge < -0.3 is 24.8 Å². The number of aromatic nitrogens is 4. The topological polar surface area (TPSA) is 116 Å². The molecule has 10 nitrogen and oxygen atoms in total. The number of amides is 2. The number of hydrogen-bond donors (Lipinski definition) is 2. The summed E-state index contributed by atoms with van der Waals surface area (Å²) in [5, 5.41) is 3.05. The van der Waals surface area contributed by atoms with Crippen LogP contribution in [0.15, 0.2) is 79.1 Å². The summed E-state index contributed by atoms with van der Waals surface area (Å²) in [6.45, 7) is 7.80. The van der Waals surface area contributed by atoms with Crippen LogP contribution in [0.25, 0.3) is 32.3 Å². The third-order valence-corrected chi connectivity index (χ3v) is 11.5. The minimum absolute atomic E-state index is 0.112. The van der Waals surface area contributed by atoms with Crippen LogP contribution in [0.5, 0.6) is 0 Å². The van der Waals surface area contributed by atoms with E-state index in [1.54, 1.807) is 35.6 Å². The molecule has 2 N–H and O–H groups in total. The zero-order valence-corrected chi connectivity index (χ0v) is 29.3. The molecular formula is C40H37N7O3S. The van der Waals surface area contributed by atoms with Crippen molar-refractivity contribution in [2.24, 2.45) is 5.41 Å². The standard InChI is InChI=1S/C40H37N7O3S/c1-24-17-29(37(42-21-24)46-22-40(23-46)12-15-50-16-13-40)38(48)43-28-9-7-26(8-10-28)39(49)47-14-11-27-19-33(36-44-30-5-3-4-6-31(30)45-36)51-35(27)34-32(47)18-25(2)20-41-34/h3-10,17-21H,11-16,22-23H2,1-2H3,(H,43,48)(H,44,45). The fraction of sp³-hybridized carbons (Fsp3) is 0.275. The summed E-state index contributed by atoms with van der Waals surface area (Å²) in [6.07, 6.45) is 6.44. The molecule has 4 aromatic heterocycles. The molecule has 0 aliphatic carbocycles. The summed E-state index contributed by atoms with van der Waals surface area (Å²) in [5.74, 6) is 1.22. The lowest BCUT2D eigenvalue weighted by atomic mass is 9.73. The molecule has 11 heteroatoms. The number of para-hydroxylation sites is 2. The van der Waals surface area contributed by atoms with Crippen molar-refractivity contribution in [2.45, 2.75) is 33.1 Å². The maximum atomic E-state index is 14.1. The van der Waals surface area contributed by atoms with E-state index in [2.05, 4.69) is 26.3 Å². The minimum atomic E-state index is -0.218. The number of benzene rings is 2. The van der Waals surface area contributed by atoms with Gasteiger partial charge in [-0.05, 0) is 104 Å². The first-order valence-electron chi connectivity index (χ1n) is 17.4. The van der Waals surface area contributed by atoms with E-state index < -0.39 is 0 Å². The maximum Gasteiger partial charge on any atom is 0.259 e. The average molecular weight is 696 g/mol. The Morgan fingerprint density at radius 3 is 2.51 bits per heavy atom. The summed E-state index contributed by atoms with van der Waals surface area (Å²) >= 11 is 1.65. The molecule has 3 aliphatic heterocycles. The Kier molecular flexibility index (Phi) is 7.70. The molecule has 2 aromatic carbocycles. The number of rotatable bonds is 5. The number of carbonyl (C=O) groups is 2. The van der Waals surface area contributed by atoms with Crippen molar-refractivity contribution in [3.05, 3.63) is 107 Å². The van der Waals surface area contributed by atoms with Crippen LogP contribution in [0.3, 0.4) is 0 Å². The second-order valence-electron chi connectivity index (χ2n) is 14.0. The number of ether oxygens (including phenoxy) is 1. The Bertz CT molecular complexity index is 2280. The Morgan fingerprint density at radius 2 is 1.71 bits per heavy atom. The van der Waals surface area contributed by atoms with Gasteiger partial charge in [0, 0.05) is 61.9 Å². The van der Waals surface area contributed by atoms with Crippen LogP contribution in [0, 0.1) is 19.3 Å². The number of pyridine rings is 2. The molecule has 256 valence electrons. The zero-order valence-electron chi connectivity index (χ0n) is 28.5. The molecule has 2 amide bonds. The minimum Gasteiger partial charge on any atom is -0.381 e. The van der Waals surface area contributed by atoms with Gasteiger partial charge in [-0.25, -0.2) is 9.97 Å². The normalized spacial score (nSPS) is 16.4. The number of hydrogen-bond acceptors (Lipinski definition) is 8. The molecule has 7 heterocycles. The van der Waals surface area contributed by atoms with Crippen molar-refractivity contribution in [3.63, 3.8) is 0 Å². The van der Waals surface area contributed by atoms with E-state index in [4.69, 9.17) is 14.7 Å². The van der Waals surface area contributed by atoms with E-state index >= 15 is 0 Å². The molecule has 0 saturated carbocycles. The van der Waals surface area contributed by atoms with Crippen molar-refractivity contribution < 1.29 is 14.3 Å². The van der Waals surface area contributed by atoms with Gasteiger partial charge in [0.1, 0.15) is 17.3 Å². The van der Waals surface area contributed by atoms with Crippen LogP contribution in [0.4, 0.5) is 17.2 Å². The number of nitrogens with zero attached hydrogens (tertiary/aromatic N) is 5. The first kappa shape index (κ1) is 31.6. The third-order valence-electron chi connectivity index (χ3n) is 10.3. The first-order chi connectivity index (χ1) is 24.8. The number of aryl methyl sites for hydroxylation is 2. The molecule has 9 rings (SSSR count). The number of carbonyl (C=O) groups excluding carboxylic acids is 2. The molecule has 0 atom stereocenters. The Hall–Kier alpha value is -5.39. The predicted molar refractivity (Wildman–Crippen MR) is 201 cm³/mol. The quantitative estimate of drug-likeness (QED) is 0.193. The Morgan fingerprint density at radius 1 is 0.941 bits per heavy atom. The number of H-pyrrole nitrogens is 1. The maximum absolute atomic E-state index is 14.1. The lowest BCUT2D eigenvalue weighted by molar-refractivity contribution is -0.000510. The molecule has 0 radical (unpaired) electrons. The number of anilines is 3. The lowest BCUT2D eigenvalue weighted by Gasteiger charge is -2.53. The zero-order chi connectivity index (χ0) is 34.7. The Balaban J connectivity index is 0.940. The molecule has 2 saturated heterocycles. The van der Waals surface area contributed by atoms with Gasteiger partial charge in [0.15, 0.2) is 0 Å². The third kappa shape index (κ3) is 5.76. The summed E-state index contributed by atoms with van der Waals surface area (Å²) < 4.78 is 5.58. The van der Waals surface area contributed by atoms with Crippen LogP contribution < -0.4 is 15.1 Å². The molecule has 3 aliphatic rings. The smallest absolute Gasteiger partial charge is 0.259 e. The molecule has 0 bridgehead atoms. The van der Waals surface area contributed by atoms with Crippen LogP contribution in [-0.2, 0) is 11.2 Å². The largest absolute Gasteiger partial charge is 0.381 e. The van der Waals surface area contributed by atoms with Crippen molar-refractivity contribution in [1.82, 2.24) is 19.9 Å². The fourth-order valence-electron chi connectivity index (χ4n) is 7.56. The van der Waals surface area contributed by atoms with Crippen LogP contribution in [0.2, 0.25) is 0 Å². The second kappa shape index (κ2) is 12.4. The van der Waals surface area contributed by atoms with E-state index in [0.717, 1.165) is 93.8 Å². The van der Waals surface area contributed by atoms with E-state index in [1.165, 1.54) is 0 Å². The molecule has 2 fully saturated rings. The molecule has 0 unspecified atom stereocenters. The van der Waals surface area contributed by atoms with Gasteiger partial charge in [0.05, 0.1) is 32.0 Å². The van der Waals surface area contributed by atoms with E-state index in [-0.39, 0.29) is 17.2 Å². The molecule has 1 spiro atoms. The van der Waals surface area contributed by atoms with Crippen LogP contribution in [-0.4, -0.2) is 64.6 Å². The van der Waals surface area contributed by atoms with E-state index in [9.17, 15) is 9.59 Å². The predicted octanol–water partition coefficient (Wildman–Crippen LogP) is 7.44. The summed E-state index contributed by atoms with van der Waals surface area (Å²) in [5.41, 5.74) is 8.53. The van der Waals surface area contributed by atoms with Crippen molar-refractivity contribution in [3.8, 4) is 21.3 Å². The first-order valence-corrected chi connectivity index (χ1v) is 18.2. The van der Waals surface area contributed by atoms with Gasteiger partial charge in [-0.3, -0.25) is 14.6 Å². The van der Waals surface area contributed by atoms with Crippen molar-refractivity contribution >= 4 is 51.4 Å². The van der Waals surface area contributed by atoms with Gasteiger partial charge in [-0.15, -0.1) is 11.3 Å². The second-order valence-corrected chi connectivity index (χ2v) is 15.1. The number of imidazole rings is 1. The van der Waals surface area contributed by atoms with E-state index in [1.807, 2.05) is 67.5 Å². The van der Waals surface area contributed by atoms with Gasteiger partial charge in [0.2, 0.25) is 0 Å². The summed E-state index contributed by atoms with van der Waals surface area (Å²) in [7, 11) is 0. The highest BCUT2D eigenvalue weighted by Crippen LogP contribution is 2.44. The lowest BCUT2D eigenvalue weighted by Crippen LogP contribution is -2.59. The summed E-state index contributed by atoms with van der Waals surface area (Å²) in [4.78, 5) is 51.7. The van der Waals surface area contributed by atoms with Gasteiger partial charge in [0.25, 0.3) is 11.8 Å². The van der Waals surface area contributed by atoms with E-state index in [0.29, 0.717) is 35.6 Å². The average Bonchev–Trinajstić information content (AvgIpc) is 3.73. The number of fused-ring (bicyclic) bond motifs is 4. The van der Waals surface area contributed by atoms with Crippen LogP contribution in [0.1, 0.15) is 50.2 Å². The van der Waals surface area contributed by atoms with Crippen molar-refractivity contribution in [1.29, 1.82) is 0 Å².